The van der Waals surface area contributed by atoms with E-state index in [1.165, 1.54) is 0 Å². The number of likely N-dealkylation sites (N-methyl/N-ethyl adjacent to an activating group) is 1. The van der Waals surface area contributed by atoms with E-state index in [2.05, 4.69) is 34.2 Å². The molecular formula is C28H40N2O4S. The molecular weight excluding hydrogens is 460 g/mol. The van der Waals surface area contributed by atoms with E-state index in [0.29, 0.717) is 19.3 Å². The number of carbonyl (C=O) groups is 3. The van der Waals surface area contributed by atoms with Crippen molar-refractivity contribution in [2.75, 3.05) is 7.05 Å². The molecule has 0 unspecified atom stereocenters. The van der Waals surface area contributed by atoms with Crippen LogP contribution in [-0.4, -0.2) is 36.0 Å². The lowest BCUT2D eigenvalue weighted by Gasteiger charge is -2.31. The average molecular weight is 501 g/mol. The van der Waals surface area contributed by atoms with Crippen molar-refractivity contribution < 1.29 is 19.5 Å². The van der Waals surface area contributed by atoms with Crippen LogP contribution in [0.4, 0.5) is 0 Å². The van der Waals surface area contributed by atoms with E-state index in [0.717, 1.165) is 29.5 Å². The predicted octanol–water partition coefficient (Wildman–Crippen LogP) is 5.52. The van der Waals surface area contributed by atoms with Gasteiger partial charge in [0.2, 0.25) is 11.8 Å². The van der Waals surface area contributed by atoms with Gasteiger partial charge < -0.3 is 15.7 Å². The van der Waals surface area contributed by atoms with E-state index in [4.69, 9.17) is 0 Å². The lowest BCUT2D eigenvalue weighted by atomic mass is 9.83. The van der Waals surface area contributed by atoms with E-state index >= 15 is 0 Å². The van der Waals surface area contributed by atoms with Crippen LogP contribution in [0.3, 0.4) is 0 Å². The number of hydrogen-bond donors (Lipinski definition) is 3. The van der Waals surface area contributed by atoms with Gasteiger partial charge in [0.1, 0.15) is 6.04 Å². The summed E-state index contributed by atoms with van der Waals surface area (Å²) in [4.78, 5) is 37.9. The molecule has 7 heteroatoms. The van der Waals surface area contributed by atoms with Crippen molar-refractivity contribution >= 4 is 29.1 Å². The number of carboxylic acids is 1. The van der Waals surface area contributed by atoms with E-state index in [1.54, 1.807) is 18.4 Å². The van der Waals surface area contributed by atoms with Gasteiger partial charge in [0.25, 0.3) is 0 Å². The molecule has 0 fully saturated rings. The molecule has 2 aromatic rings. The first kappa shape index (κ1) is 28.6. The summed E-state index contributed by atoms with van der Waals surface area (Å²) in [6, 6.07) is 9.63. The second kappa shape index (κ2) is 13.4. The summed E-state index contributed by atoms with van der Waals surface area (Å²) in [5, 5.41) is 19.5. The standard InChI is InChI=1S/C28H40N2O4S/c1-6-7-10-22(27(33)34)17-21(25(31)30-24(26(32)29-5)28(2,3)4)13-12-19-9-8-11-20(16-19)23-14-15-35-18-23/h8-9,11,14-16,18,21-22,24H,6-7,10,12-13,17H2,1-5H3,(H,29,32)(H,30,31)(H,33,34)/t21-,22+,24-/m1/s1. The number of benzene rings is 1. The summed E-state index contributed by atoms with van der Waals surface area (Å²) in [5.41, 5.74) is 2.91. The van der Waals surface area contributed by atoms with Crippen molar-refractivity contribution in [1.29, 1.82) is 0 Å². The monoisotopic (exact) mass is 500 g/mol. The number of aryl methyl sites for hydroxylation is 1. The van der Waals surface area contributed by atoms with Gasteiger partial charge in [0, 0.05) is 13.0 Å². The smallest absolute Gasteiger partial charge is 0.306 e. The highest BCUT2D eigenvalue weighted by atomic mass is 32.1. The Hall–Kier alpha value is -2.67. The van der Waals surface area contributed by atoms with Crippen molar-refractivity contribution in [3.63, 3.8) is 0 Å². The molecule has 0 saturated heterocycles. The summed E-state index contributed by atoms with van der Waals surface area (Å²) in [5.74, 6) is -2.48. The van der Waals surface area contributed by atoms with Crippen LogP contribution in [0, 0.1) is 17.3 Å². The Bertz CT molecular complexity index is 966. The topological polar surface area (TPSA) is 95.5 Å². The number of thiophene rings is 1. The second-order valence-corrected chi connectivity index (χ2v) is 11.1. The first-order valence-electron chi connectivity index (χ1n) is 12.4. The third kappa shape index (κ3) is 8.80. The highest BCUT2D eigenvalue weighted by molar-refractivity contribution is 7.08. The Morgan fingerprint density at radius 2 is 1.77 bits per heavy atom. The predicted molar refractivity (Wildman–Crippen MR) is 142 cm³/mol. The minimum atomic E-state index is -0.866. The van der Waals surface area contributed by atoms with Crippen molar-refractivity contribution in [1.82, 2.24) is 10.6 Å². The van der Waals surface area contributed by atoms with Crippen LogP contribution in [-0.2, 0) is 20.8 Å². The number of unbranched alkanes of at least 4 members (excludes halogenated alkanes) is 1. The number of amides is 2. The zero-order valence-electron chi connectivity index (χ0n) is 21.6. The van der Waals surface area contributed by atoms with Crippen molar-refractivity contribution in [2.45, 2.75) is 72.3 Å². The average Bonchev–Trinajstić information content (AvgIpc) is 3.36. The van der Waals surface area contributed by atoms with Gasteiger partial charge in [-0.05, 0) is 64.6 Å². The second-order valence-electron chi connectivity index (χ2n) is 10.3. The molecule has 3 atom stereocenters. The van der Waals surface area contributed by atoms with Crippen molar-refractivity contribution in [2.24, 2.45) is 17.3 Å². The van der Waals surface area contributed by atoms with Gasteiger partial charge >= 0.3 is 5.97 Å². The van der Waals surface area contributed by atoms with Crippen LogP contribution in [0.5, 0.6) is 0 Å². The molecule has 0 aliphatic rings. The van der Waals surface area contributed by atoms with Crippen LogP contribution >= 0.6 is 11.3 Å². The van der Waals surface area contributed by atoms with Crippen LogP contribution in [0.1, 0.15) is 65.4 Å². The molecule has 0 spiro atoms. The maximum Gasteiger partial charge on any atom is 0.306 e. The van der Waals surface area contributed by atoms with Gasteiger partial charge in [-0.2, -0.15) is 11.3 Å². The first-order chi connectivity index (χ1) is 16.6. The molecule has 0 bridgehead atoms. The Labute approximate surface area is 213 Å². The molecule has 35 heavy (non-hydrogen) atoms. The Kier molecular flexibility index (Phi) is 11.0. The molecule has 0 radical (unpaired) electrons. The molecule has 3 N–H and O–H groups in total. The molecule has 1 aromatic heterocycles. The summed E-state index contributed by atoms with van der Waals surface area (Å²) >= 11 is 1.65. The van der Waals surface area contributed by atoms with Crippen LogP contribution in [0.15, 0.2) is 41.1 Å². The highest BCUT2D eigenvalue weighted by Gasteiger charge is 2.35. The van der Waals surface area contributed by atoms with Crippen LogP contribution < -0.4 is 10.6 Å². The summed E-state index contributed by atoms with van der Waals surface area (Å²) in [6.45, 7) is 7.74. The summed E-state index contributed by atoms with van der Waals surface area (Å²) in [6.07, 6.45) is 3.67. The normalized spacial score (nSPS) is 14.1. The van der Waals surface area contributed by atoms with Gasteiger partial charge in [0.15, 0.2) is 0 Å². The van der Waals surface area contributed by atoms with E-state index in [9.17, 15) is 19.5 Å². The number of rotatable bonds is 13. The number of carboxylic acid groups (broad SMARTS) is 1. The van der Waals surface area contributed by atoms with Gasteiger partial charge in [-0.25, -0.2) is 0 Å². The SMILES string of the molecule is CCCC[C@@H](C[C@@H](CCc1cccc(-c2ccsc2)c1)C(=O)N[C@H](C(=O)NC)C(C)(C)C)C(=O)O. The Morgan fingerprint density at radius 3 is 2.34 bits per heavy atom. The van der Waals surface area contributed by atoms with Crippen LogP contribution in [0.25, 0.3) is 11.1 Å². The van der Waals surface area contributed by atoms with Gasteiger partial charge in [-0.15, -0.1) is 0 Å². The van der Waals surface area contributed by atoms with Gasteiger partial charge in [-0.3, -0.25) is 14.4 Å². The highest BCUT2D eigenvalue weighted by Crippen LogP contribution is 2.27. The molecule has 2 rings (SSSR count). The van der Waals surface area contributed by atoms with E-state index in [-0.39, 0.29) is 18.2 Å². The molecule has 6 nitrogen and oxygen atoms in total. The minimum Gasteiger partial charge on any atom is -0.481 e. The fourth-order valence-corrected chi connectivity index (χ4v) is 4.91. The molecule has 0 aliphatic carbocycles. The fraction of sp³-hybridized carbons (Fsp3) is 0.536. The van der Waals surface area contributed by atoms with Crippen LogP contribution in [0.2, 0.25) is 0 Å². The summed E-state index contributed by atoms with van der Waals surface area (Å²) < 4.78 is 0. The number of carbonyl (C=O) groups excluding carboxylic acids is 2. The largest absolute Gasteiger partial charge is 0.481 e. The number of aliphatic carboxylic acids is 1. The van der Waals surface area contributed by atoms with Gasteiger partial charge in [0.05, 0.1) is 5.92 Å². The maximum atomic E-state index is 13.4. The van der Waals surface area contributed by atoms with Crippen molar-refractivity contribution in [3.05, 3.63) is 46.7 Å². The zero-order valence-corrected chi connectivity index (χ0v) is 22.4. The maximum absolute atomic E-state index is 13.4. The van der Waals surface area contributed by atoms with E-state index in [1.807, 2.05) is 45.2 Å². The molecule has 2 amide bonds. The summed E-state index contributed by atoms with van der Waals surface area (Å²) in [7, 11) is 1.55. The first-order valence-corrected chi connectivity index (χ1v) is 13.4. The minimum absolute atomic E-state index is 0.256. The molecule has 0 aliphatic heterocycles. The zero-order chi connectivity index (χ0) is 26.0. The lowest BCUT2D eigenvalue weighted by molar-refractivity contribution is -0.143. The number of nitrogens with one attached hydrogen (secondary N) is 2. The van der Waals surface area contributed by atoms with Crippen molar-refractivity contribution in [3.8, 4) is 11.1 Å². The third-order valence-corrected chi connectivity index (χ3v) is 7.10. The lowest BCUT2D eigenvalue weighted by Crippen LogP contribution is -2.54. The molecule has 0 saturated carbocycles. The Balaban J connectivity index is 2.24. The molecule has 1 heterocycles. The molecule has 192 valence electrons. The Morgan fingerprint density at radius 1 is 1.03 bits per heavy atom. The van der Waals surface area contributed by atoms with Gasteiger partial charge in [-0.1, -0.05) is 64.8 Å². The quantitative estimate of drug-likeness (QED) is 0.337. The third-order valence-electron chi connectivity index (χ3n) is 6.42. The van der Waals surface area contributed by atoms with E-state index < -0.39 is 29.3 Å². The molecule has 1 aromatic carbocycles. The number of hydrogen-bond acceptors (Lipinski definition) is 4. The fourth-order valence-electron chi connectivity index (χ4n) is 4.25.